The number of carbonyl (C=O) groups excluding carboxylic acids is 1. The first-order chi connectivity index (χ1) is 17.2. The Kier molecular flexibility index (Phi) is 8.37. The van der Waals surface area contributed by atoms with E-state index in [1.165, 1.54) is 11.3 Å². The molecule has 36 heavy (non-hydrogen) atoms. The van der Waals surface area contributed by atoms with Crippen molar-refractivity contribution in [2.24, 2.45) is 4.99 Å². The molecule has 1 atom stereocenters. The zero-order chi connectivity index (χ0) is 26.0. The maximum Gasteiger partial charge on any atom is 0.338 e. The molecule has 1 aliphatic heterocycles. The number of benzene rings is 2. The normalized spacial score (nSPS) is 15.2. The van der Waals surface area contributed by atoms with Crippen LogP contribution in [0, 0.1) is 26.4 Å². The van der Waals surface area contributed by atoms with E-state index in [2.05, 4.69) is 56.1 Å². The summed E-state index contributed by atoms with van der Waals surface area (Å²) in [6.07, 6.45) is 7.17. The van der Waals surface area contributed by atoms with Crippen molar-refractivity contribution in [3.05, 3.63) is 91.2 Å². The lowest BCUT2D eigenvalue weighted by Gasteiger charge is -2.24. The number of carbonyl (C=O) groups is 1. The smallest absolute Gasteiger partial charge is 0.338 e. The van der Waals surface area contributed by atoms with Crippen LogP contribution in [0.1, 0.15) is 36.6 Å². The number of thiazole rings is 1. The molecule has 3 aromatic rings. The van der Waals surface area contributed by atoms with Gasteiger partial charge in [0.15, 0.2) is 4.80 Å². The molecule has 0 amide bonds. The van der Waals surface area contributed by atoms with Crippen molar-refractivity contribution < 1.29 is 14.3 Å². The molecule has 0 aliphatic carbocycles. The standard InChI is InChI=1S/C27H22I2N2O4S/c1-5-11-35-24-19(28)12-17(13-20(24)29)14-21-25(32)31-23(18-9-7-15(3)8-10-18)22(26(33)34-6-2)16(4)30-27(31)36-21/h1,7-10,12-14,23H,6,11H2,2-4H3/b21-14+/t23-/m0/s1. The van der Waals surface area contributed by atoms with Crippen molar-refractivity contribution in [2.45, 2.75) is 26.8 Å². The number of allylic oxidation sites excluding steroid dienone is 1. The Morgan fingerprint density at radius 3 is 2.50 bits per heavy atom. The summed E-state index contributed by atoms with van der Waals surface area (Å²) in [5.41, 5.74) is 3.48. The Balaban J connectivity index is 1.89. The second-order valence-electron chi connectivity index (χ2n) is 8.02. The van der Waals surface area contributed by atoms with Crippen LogP contribution in [0.2, 0.25) is 0 Å². The van der Waals surface area contributed by atoms with E-state index >= 15 is 0 Å². The van der Waals surface area contributed by atoms with E-state index in [0.29, 0.717) is 20.6 Å². The summed E-state index contributed by atoms with van der Waals surface area (Å²) >= 11 is 5.69. The summed E-state index contributed by atoms with van der Waals surface area (Å²) in [5, 5.41) is 0. The highest BCUT2D eigenvalue weighted by Crippen LogP contribution is 2.31. The minimum absolute atomic E-state index is 0.186. The predicted molar refractivity (Wildman–Crippen MR) is 158 cm³/mol. The van der Waals surface area contributed by atoms with Gasteiger partial charge in [-0.1, -0.05) is 47.1 Å². The van der Waals surface area contributed by atoms with Crippen LogP contribution in [0.15, 0.2) is 57.5 Å². The maximum atomic E-state index is 13.7. The monoisotopic (exact) mass is 724 g/mol. The highest BCUT2D eigenvalue weighted by atomic mass is 127. The van der Waals surface area contributed by atoms with Gasteiger partial charge in [-0.3, -0.25) is 9.36 Å². The molecule has 0 spiro atoms. The van der Waals surface area contributed by atoms with Crippen molar-refractivity contribution in [3.63, 3.8) is 0 Å². The second kappa shape index (κ2) is 11.3. The number of esters is 1. The van der Waals surface area contributed by atoms with E-state index in [4.69, 9.17) is 15.9 Å². The highest BCUT2D eigenvalue weighted by molar-refractivity contribution is 14.1. The van der Waals surface area contributed by atoms with Gasteiger partial charge in [-0.25, -0.2) is 9.79 Å². The average Bonchev–Trinajstić information content (AvgIpc) is 3.12. The number of hydrogen-bond donors (Lipinski definition) is 0. The number of hydrogen-bond acceptors (Lipinski definition) is 6. The van der Waals surface area contributed by atoms with Gasteiger partial charge in [0, 0.05) is 0 Å². The zero-order valence-electron chi connectivity index (χ0n) is 19.8. The molecule has 0 bridgehead atoms. The van der Waals surface area contributed by atoms with Crippen LogP contribution in [0.4, 0.5) is 0 Å². The quantitative estimate of drug-likeness (QED) is 0.216. The molecule has 1 aliphatic rings. The van der Waals surface area contributed by atoms with E-state index in [-0.39, 0.29) is 18.8 Å². The molecule has 2 heterocycles. The summed E-state index contributed by atoms with van der Waals surface area (Å²) in [7, 11) is 0. The lowest BCUT2D eigenvalue weighted by Crippen LogP contribution is -2.39. The number of aromatic nitrogens is 1. The van der Waals surface area contributed by atoms with Gasteiger partial charge in [-0.15, -0.1) is 6.42 Å². The summed E-state index contributed by atoms with van der Waals surface area (Å²) < 4.78 is 14.9. The van der Waals surface area contributed by atoms with Crippen LogP contribution in [0.3, 0.4) is 0 Å². The SMILES string of the molecule is C#CCOc1c(I)cc(/C=c2/sc3n(c2=O)[C@@H](c2ccc(C)cc2)C(C(=O)OCC)=C(C)N=3)cc1I. The first-order valence-corrected chi connectivity index (χ1v) is 14.0. The Labute approximate surface area is 240 Å². The molecular formula is C27H22I2N2O4S. The Morgan fingerprint density at radius 1 is 1.22 bits per heavy atom. The van der Waals surface area contributed by atoms with Crippen LogP contribution in [0.25, 0.3) is 6.08 Å². The molecule has 1 aromatic heterocycles. The van der Waals surface area contributed by atoms with E-state index in [1.54, 1.807) is 18.4 Å². The third-order valence-electron chi connectivity index (χ3n) is 5.53. The number of nitrogens with zero attached hydrogens (tertiary/aromatic N) is 2. The van der Waals surface area contributed by atoms with Gasteiger partial charge in [0.2, 0.25) is 0 Å². The minimum Gasteiger partial charge on any atom is -0.479 e. The lowest BCUT2D eigenvalue weighted by molar-refractivity contribution is -0.139. The summed E-state index contributed by atoms with van der Waals surface area (Å²) in [4.78, 5) is 31.9. The fourth-order valence-corrected chi connectivity index (χ4v) is 7.10. The fraction of sp³-hybridized carbons (Fsp3) is 0.222. The number of aryl methyl sites for hydroxylation is 1. The topological polar surface area (TPSA) is 69.9 Å². The van der Waals surface area contributed by atoms with Crippen LogP contribution < -0.4 is 19.6 Å². The van der Waals surface area contributed by atoms with Crippen LogP contribution in [-0.2, 0) is 9.53 Å². The van der Waals surface area contributed by atoms with E-state index < -0.39 is 12.0 Å². The van der Waals surface area contributed by atoms with E-state index in [1.807, 2.05) is 49.4 Å². The third-order valence-corrected chi connectivity index (χ3v) is 8.11. The fourth-order valence-electron chi connectivity index (χ4n) is 3.92. The Morgan fingerprint density at radius 2 is 1.89 bits per heavy atom. The third kappa shape index (κ3) is 5.31. The van der Waals surface area contributed by atoms with Gasteiger partial charge < -0.3 is 9.47 Å². The average molecular weight is 724 g/mol. The number of halogens is 2. The molecule has 4 rings (SSSR count). The van der Waals surface area contributed by atoms with Gasteiger partial charge in [0.05, 0.1) is 35.6 Å². The molecule has 9 heteroatoms. The minimum atomic E-state index is -0.622. The number of ether oxygens (including phenoxy) is 2. The number of terminal acetylenes is 1. The van der Waals surface area contributed by atoms with Crippen molar-refractivity contribution in [1.29, 1.82) is 0 Å². The van der Waals surface area contributed by atoms with E-state index in [9.17, 15) is 9.59 Å². The summed E-state index contributed by atoms with van der Waals surface area (Å²) in [5.74, 6) is 2.73. The molecule has 0 fully saturated rings. The molecule has 0 saturated heterocycles. The zero-order valence-corrected chi connectivity index (χ0v) is 24.9. The van der Waals surface area contributed by atoms with Crippen molar-refractivity contribution in [1.82, 2.24) is 4.57 Å². The molecular weight excluding hydrogens is 702 g/mol. The Hall–Kier alpha value is -2.43. The summed E-state index contributed by atoms with van der Waals surface area (Å²) in [6.45, 7) is 5.96. The number of fused-ring (bicyclic) bond motifs is 1. The highest BCUT2D eigenvalue weighted by Gasteiger charge is 2.33. The first kappa shape index (κ1) is 26.6. The molecule has 6 nitrogen and oxygen atoms in total. The second-order valence-corrected chi connectivity index (χ2v) is 11.4. The van der Waals surface area contributed by atoms with Crippen LogP contribution in [-0.4, -0.2) is 23.8 Å². The van der Waals surface area contributed by atoms with Gasteiger partial charge in [0.1, 0.15) is 12.4 Å². The van der Waals surface area contributed by atoms with Crippen LogP contribution in [0.5, 0.6) is 5.75 Å². The van der Waals surface area contributed by atoms with Gasteiger partial charge in [0.25, 0.3) is 5.56 Å². The summed E-state index contributed by atoms with van der Waals surface area (Å²) in [6, 6.07) is 11.1. The van der Waals surface area contributed by atoms with Crippen LogP contribution >= 0.6 is 56.5 Å². The first-order valence-electron chi connectivity index (χ1n) is 11.1. The van der Waals surface area contributed by atoms with Gasteiger partial charge in [-0.05, 0) is 95.3 Å². The molecule has 0 saturated carbocycles. The molecule has 0 N–H and O–H groups in total. The Bertz CT molecular complexity index is 1570. The molecule has 0 unspecified atom stereocenters. The van der Waals surface area contributed by atoms with Gasteiger partial charge in [-0.2, -0.15) is 0 Å². The largest absolute Gasteiger partial charge is 0.479 e. The predicted octanol–water partition coefficient (Wildman–Crippen LogP) is 4.33. The van der Waals surface area contributed by atoms with Crippen molar-refractivity contribution >= 4 is 68.6 Å². The van der Waals surface area contributed by atoms with E-state index in [0.717, 1.165) is 29.6 Å². The number of rotatable bonds is 6. The lowest BCUT2D eigenvalue weighted by atomic mass is 9.95. The van der Waals surface area contributed by atoms with Gasteiger partial charge >= 0.3 is 5.97 Å². The van der Waals surface area contributed by atoms with Crippen molar-refractivity contribution in [3.8, 4) is 18.1 Å². The maximum absolute atomic E-state index is 13.7. The van der Waals surface area contributed by atoms with Crippen molar-refractivity contribution in [2.75, 3.05) is 13.2 Å². The molecule has 184 valence electrons. The molecule has 0 radical (unpaired) electrons. The molecule has 2 aromatic carbocycles.